The van der Waals surface area contributed by atoms with Crippen molar-refractivity contribution in [2.75, 3.05) is 0 Å². The largest absolute Gasteiger partial charge is 0.401 e. The zero-order chi connectivity index (χ0) is 9.97. The van der Waals surface area contributed by atoms with E-state index in [9.17, 15) is 0 Å². The van der Waals surface area contributed by atoms with Gasteiger partial charge in [0.1, 0.15) is 0 Å². The van der Waals surface area contributed by atoms with E-state index in [1.165, 1.54) is 11.8 Å². The zero-order valence-electron chi connectivity index (χ0n) is 8.03. The van der Waals surface area contributed by atoms with Gasteiger partial charge < -0.3 is 11.1 Å². The van der Waals surface area contributed by atoms with Crippen molar-refractivity contribution in [3.8, 4) is 0 Å². The number of allylic oxidation sites excluding steroid dienone is 2. The average molecular weight is 186 g/mol. The molecule has 0 aliphatic heterocycles. The minimum Gasteiger partial charge on any atom is -0.401 e. The molecular formula is C12H14N2. The molecule has 0 saturated heterocycles. The quantitative estimate of drug-likeness (QED) is 0.685. The predicted molar refractivity (Wildman–Crippen MR) is 58.4 cm³/mol. The van der Waals surface area contributed by atoms with Gasteiger partial charge >= 0.3 is 0 Å². The van der Waals surface area contributed by atoms with Crippen molar-refractivity contribution >= 4 is 6.21 Å². The number of rotatable bonds is 2. The highest BCUT2D eigenvalue weighted by atomic mass is 14.6. The first-order valence-corrected chi connectivity index (χ1v) is 4.87. The Morgan fingerprint density at radius 1 is 1.29 bits per heavy atom. The molecule has 0 amide bonds. The number of nitrogens with two attached hydrogens (primary N) is 1. The van der Waals surface area contributed by atoms with Crippen molar-refractivity contribution in [3.63, 3.8) is 0 Å². The minimum absolute atomic E-state index is 0.327. The molecule has 72 valence electrons. The maximum Gasteiger partial charge on any atom is 0.0242 e. The topological polar surface area (TPSA) is 49.9 Å². The summed E-state index contributed by atoms with van der Waals surface area (Å²) >= 11 is 0. The van der Waals surface area contributed by atoms with Crippen LogP contribution in [0, 0.1) is 5.41 Å². The van der Waals surface area contributed by atoms with Gasteiger partial charge in [0.25, 0.3) is 0 Å². The lowest BCUT2D eigenvalue weighted by Crippen LogP contribution is -2.07. The Labute approximate surface area is 84.0 Å². The van der Waals surface area contributed by atoms with E-state index in [2.05, 4.69) is 12.1 Å². The van der Waals surface area contributed by atoms with Gasteiger partial charge in [0.15, 0.2) is 0 Å². The van der Waals surface area contributed by atoms with Crippen LogP contribution in [0.5, 0.6) is 0 Å². The molecule has 1 aromatic carbocycles. The molecule has 14 heavy (non-hydrogen) atoms. The molecule has 0 fully saturated rings. The van der Waals surface area contributed by atoms with Crippen molar-refractivity contribution in [1.29, 1.82) is 5.41 Å². The second-order valence-electron chi connectivity index (χ2n) is 3.63. The van der Waals surface area contributed by atoms with Gasteiger partial charge in [-0.05, 0) is 24.0 Å². The Kier molecular flexibility index (Phi) is 2.35. The van der Waals surface area contributed by atoms with Gasteiger partial charge in [-0.25, -0.2) is 0 Å². The molecule has 0 bridgehead atoms. The molecule has 2 rings (SSSR count). The van der Waals surface area contributed by atoms with Crippen LogP contribution in [0.4, 0.5) is 0 Å². The minimum atomic E-state index is 0.327. The van der Waals surface area contributed by atoms with Crippen LogP contribution in [0.1, 0.15) is 24.3 Å². The fraction of sp³-hybridized carbons (Fsp3) is 0.250. The predicted octanol–water partition coefficient (Wildman–Crippen LogP) is 2.43. The normalized spacial score (nSPS) is 21.3. The van der Waals surface area contributed by atoms with Gasteiger partial charge in [0, 0.05) is 17.8 Å². The summed E-state index contributed by atoms with van der Waals surface area (Å²) in [5.41, 5.74) is 9.14. The van der Waals surface area contributed by atoms with Crippen LogP contribution in [0.2, 0.25) is 0 Å². The van der Waals surface area contributed by atoms with Crippen LogP contribution in [0.3, 0.4) is 0 Å². The van der Waals surface area contributed by atoms with Gasteiger partial charge in [-0.2, -0.15) is 0 Å². The van der Waals surface area contributed by atoms with E-state index in [-0.39, 0.29) is 0 Å². The fourth-order valence-corrected chi connectivity index (χ4v) is 2.01. The van der Waals surface area contributed by atoms with Gasteiger partial charge in [-0.15, -0.1) is 0 Å². The third kappa shape index (κ3) is 1.43. The number of nitrogens with one attached hydrogen (secondary N) is 1. The van der Waals surface area contributed by atoms with Crippen LogP contribution in [0.25, 0.3) is 0 Å². The maximum absolute atomic E-state index is 7.22. The Hall–Kier alpha value is -1.57. The molecule has 1 aromatic rings. The third-order valence-electron chi connectivity index (χ3n) is 2.82. The zero-order valence-corrected chi connectivity index (χ0v) is 8.03. The van der Waals surface area contributed by atoms with Crippen molar-refractivity contribution in [3.05, 3.63) is 47.2 Å². The first kappa shape index (κ1) is 9.00. The smallest absolute Gasteiger partial charge is 0.0242 e. The van der Waals surface area contributed by atoms with Crippen LogP contribution < -0.4 is 5.73 Å². The van der Waals surface area contributed by atoms with Crippen LogP contribution in [0.15, 0.2) is 41.6 Å². The molecule has 0 spiro atoms. The molecule has 0 heterocycles. The van der Waals surface area contributed by atoms with Gasteiger partial charge in [-0.1, -0.05) is 30.3 Å². The molecule has 0 radical (unpaired) electrons. The summed E-state index contributed by atoms with van der Waals surface area (Å²) < 4.78 is 0. The summed E-state index contributed by atoms with van der Waals surface area (Å²) in [5, 5.41) is 7.22. The molecule has 0 saturated carbocycles. The standard InChI is InChI=1S/C12H14N2/c13-8-10-6-7-11(12(10)14)9-4-2-1-3-5-9/h1-5,8,11,13H,6-7,14H2. The molecule has 0 aromatic heterocycles. The number of benzene rings is 1. The van der Waals surface area contributed by atoms with Crippen LogP contribution in [-0.4, -0.2) is 6.21 Å². The summed E-state index contributed by atoms with van der Waals surface area (Å²) in [5.74, 6) is 0.327. The van der Waals surface area contributed by atoms with E-state index in [0.717, 1.165) is 24.1 Å². The second-order valence-corrected chi connectivity index (χ2v) is 3.63. The molecule has 3 N–H and O–H groups in total. The summed E-state index contributed by atoms with van der Waals surface area (Å²) in [4.78, 5) is 0. The fourth-order valence-electron chi connectivity index (χ4n) is 2.01. The van der Waals surface area contributed by atoms with E-state index < -0.39 is 0 Å². The highest BCUT2D eigenvalue weighted by molar-refractivity contribution is 5.78. The highest BCUT2D eigenvalue weighted by Gasteiger charge is 2.23. The van der Waals surface area contributed by atoms with Gasteiger partial charge in [0.2, 0.25) is 0 Å². The molecular weight excluding hydrogens is 172 g/mol. The van der Waals surface area contributed by atoms with E-state index >= 15 is 0 Å². The van der Waals surface area contributed by atoms with Crippen molar-refractivity contribution in [2.24, 2.45) is 5.73 Å². The molecule has 1 aliphatic rings. The summed E-state index contributed by atoms with van der Waals surface area (Å²) in [7, 11) is 0. The SMILES string of the molecule is N=CC1=C(N)C(c2ccccc2)CC1. The molecule has 2 nitrogen and oxygen atoms in total. The molecule has 1 aliphatic carbocycles. The number of hydrogen-bond donors (Lipinski definition) is 2. The van der Waals surface area contributed by atoms with E-state index in [1.807, 2.05) is 18.2 Å². The van der Waals surface area contributed by atoms with E-state index in [1.54, 1.807) is 0 Å². The average Bonchev–Trinajstić information content (AvgIpc) is 2.61. The Bertz CT molecular complexity index is 365. The van der Waals surface area contributed by atoms with E-state index in [4.69, 9.17) is 11.1 Å². The third-order valence-corrected chi connectivity index (χ3v) is 2.82. The summed E-state index contributed by atoms with van der Waals surface area (Å²) in [6.07, 6.45) is 3.37. The molecule has 1 unspecified atom stereocenters. The molecule has 1 atom stereocenters. The van der Waals surface area contributed by atoms with Crippen molar-refractivity contribution in [2.45, 2.75) is 18.8 Å². The second kappa shape index (κ2) is 3.66. The lowest BCUT2D eigenvalue weighted by atomic mass is 9.97. The first-order chi connectivity index (χ1) is 6.83. The van der Waals surface area contributed by atoms with Gasteiger partial charge in [-0.3, -0.25) is 0 Å². The lowest BCUT2D eigenvalue weighted by Gasteiger charge is -2.11. The Morgan fingerprint density at radius 3 is 2.57 bits per heavy atom. The molecule has 2 heteroatoms. The van der Waals surface area contributed by atoms with Crippen LogP contribution in [-0.2, 0) is 0 Å². The summed E-state index contributed by atoms with van der Waals surface area (Å²) in [6, 6.07) is 10.3. The summed E-state index contributed by atoms with van der Waals surface area (Å²) in [6.45, 7) is 0. The van der Waals surface area contributed by atoms with Crippen molar-refractivity contribution in [1.82, 2.24) is 0 Å². The number of hydrogen-bond acceptors (Lipinski definition) is 2. The maximum atomic E-state index is 7.22. The van der Waals surface area contributed by atoms with Gasteiger partial charge in [0.05, 0.1) is 0 Å². The lowest BCUT2D eigenvalue weighted by molar-refractivity contribution is 0.764. The monoisotopic (exact) mass is 186 g/mol. The van der Waals surface area contributed by atoms with Crippen molar-refractivity contribution < 1.29 is 0 Å². The van der Waals surface area contributed by atoms with E-state index in [0.29, 0.717) is 5.92 Å². The first-order valence-electron chi connectivity index (χ1n) is 4.87. The Balaban J connectivity index is 2.31. The van der Waals surface area contributed by atoms with Crippen LogP contribution >= 0.6 is 0 Å². The Morgan fingerprint density at radius 2 is 2.00 bits per heavy atom. The highest BCUT2D eigenvalue weighted by Crippen LogP contribution is 2.35.